The number of rotatable bonds is 3. The molecule has 4 aromatic heterocycles. The predicted octanol–water partition coefficient (Wildman–Crippen LogP) is 3.36. The molecular weight excluding hydrogens is 352 g/mol. The highest BCUT2D eigenvalue weighted by molar-refractivity contribution is 5.76. The Bertz CT molecular complexity index is 1100. The molecule has 7 heteroatoms. The Kier molecular flexibility index (Phi) is 3.98. The number of ether oxygens (including phenoxy) is 1. The third kappa shape index (κ3) is 2.62. The van der Waals surface area contributed by atoms with Gasteiger partial charge in [-0.05, 0) is 45.0 Å². The largest absolute Gasteiger partial charge is 0.377 e. The lowest BCUT2D eigenvalue weighted by Gasteiger charge is -2.34. The van der Waals surface area contributed by atoms with Crippen LogP contribution in [-0.2, 0) is 4.74 Å². The van der Waals surface area contributed by atoms with E-state index in [-0.39, 0.29) is 6.04 Å². The van der Waals surface area contributed by atoms with Gasteiger partial charge in [0.2, 0.25) is 0 Å². The fourth-order valence-corrected chi connectivity index (χ4v) is 4.03. The molecule has 0 aliphatic carbocycles. The molecule has 1 aliphatic rings. The maximum absolute atomic E-state index is 5.63. The Morgan fingerprint density at radius 1 is 1.18 bits per heavy atom. The first kappa shape index (κ1) is 17.1. The first-order valence-electron chi connectivity index (χ1n) is 9.66. The number of nitrogens with one attached hydrogen (secondary N) is 1. The van der Waals surface area contributed by atoms with Gasteiger partial charge in [0, 0.05) is 30.2 Å². The third-order valence-corrected chi connectivity index (χ3v) is 5.49. The molecule has 0 spiro atoms. The van der Waals surface area contributed by atoms with E-state index in [2.05, 4.69) is 64.6 Å². The van der Waals surface area contributed by atoms with Gasteiger partial charge in [0.15, 0.2) is 5.65 Å². The third-order valence-electron chi connectivity index (χ3n) is 5.49. The molecule has 5 heterocycles. The van der Waals surface area contributed by atoms with Crippen molar-refractivity contribution < 1.29 is 4.74 Å². The maximum atomic E-state index is 5.63. The van der Waals surface area contributed by atoms with Gasteiger partial charge in [0.05, 0.1) is 36.7 Å². The minimum absolute atomic E-state index is 0.278. The minimum atomic E-state index is 0.278. The predicted molar refractivity (Wildman–Crippen MR) is 109 cm³/mol. The lowest BCUT2D eigenvalue weighted by Crippen LogP contribution is -2.44. The summed E-state index contributed by atoms with van der Waals surface area (Å²) in [5.74, 6) is 1.95. The SMILES string of the molecule is Cc1ccc(C)n1-c1cc(N2CCOC[C@H]2C)nc2c(-c3ccc[nH]3)cnn12. The summed E-state index contributed by atoms with van der Waals surface area (Å²) < 4.78 is 9.80. The molecule has 1 atom stereocenters. The van der Waals surface area contributed by atoms with Crippen molar-refractivity contribution in [1.29, 1.82) is 0 Å². The highest BCUT2D eigenvalue weighted by atomic mass is 16.5. The molecule has 1 fully saturated rings. The molecule has 0 bridgehead atoms. The molecule has 7 nitrogen and oxygen atoms in total. The molecule has 1 saturated heterocycles. The van der Waals surface area contributed by atoms with Crippen molar-refractivity contribution in [3.63, 3.8) is 0 Å². The van der Waals surface area contributed by atoms with Crippen LogP contribution < -0.4 is 4.90 Å². The zero-order valence-corrected chi connectivity index (χ0v) is 16.4. The Balaban J connectivity index is 1.78. The molecular formula is C21H24N6O. The van der Waals surface area contributed by atoms with E-state index in [9.17, 15) is 0 Å². The number of aryl methyl sites for hydroxylation is 2. The fraction of sp³-hybridized carbons (Fsp3) is 0.333. The van der Waals surface area contributed by atoms with Crippen molar-refractivity contribution in [2.75, 3.05) is 24.7 Å². The maximum Gasteiger partial charge on any atom is 0.169 e. The van der Waals surface area contributed by atoms with Gasteiger partial charge in [0.1, 0.15) is 11.6 Å². The number of morpholine rings is 1. The van der Waals surface area contributed by atoms with Gasteiger partial charge in [0.25, 0.3) is 0 Å². The van der Waals surface area contributed by atoms with Crippen LogP contribution in [0.4, 0.5) is 5.82 Å². The molecule has 0 amide bonds. The molecule has 5 rings (SSSR count). The topological polar surface area (TPSA) is 63.4 Å². The normalized spacial score (nSPS) is 17.5. The van der Waals surface area contributed by atoms with Crippen molar-refractivity contribution in [1.82, 2.24) is 24.1 Å². The molecule has 1 aliphatic heterocycles. The molecule has 144 valence electrons. The monoisotopic (exact) mass is 376 g/mol. The molecule has 28 heavy (non-hydrogen) atoms. The Labute approximate surface area is 163 Å². The summed E-state index contributed by atoms with van der Waals surface area (Å²) in [7, 11) is 0. The van der Waals surface area contributed by atoms with Crippen LogP contribution in [0.3, 0.4) is 0 Å². The van der Waals surface area contributed by atoms with Crippen molar-refractivity contribution >= 4 is 11.5 Å². The van der Waals surface area contributed by atoms with Crippen LogP contribution in [0.15, 0.2) is 42.7 Å². The lowest BCUT2D eigenvalue weighted by atomic mass is 10.2. The number of hydrogen-bond acceptors (Lipinski definition) is 4. The van der Waals surface area contributed by atoms with E-state index in [0.717, 1.165) is 41.7 Å². The van der Waals surface area contributed by atoms with Crippen molar-refractivity contribution in [3.05, 3.63) is 54.1 Å². The summed E-state index contributed by atoms with van der Waals surface area (Å²) in [6.07, 6.45) is 3.81. The quantitative estimate of drug-likeness (QED) is 0.596. The zero-order valence-electron chi connectivity index (χ0n) is 16.4. The summed E-state index contributed by atoms with van der Waals surface area (Å²) in [6.45, 7) is 8.68. The van der Waals surface area contributed by atoms with E-state index < -0.39 is 0 Å². The Morgan fingerprint density at radius 3 is 2.71 bits per heavy atom. The van der Waals surface area contributed by atoms with Crippen molar-refractivity contribution in [2.45, 2.75) is 26.8 Å². The van der Waals surface area contributed by atoms with Crippen LogP contribution in [0.5, 0.6) is 0 Å². The summed E-state index contributed by atoms with van der Waals surface area (Å²) in [4.78, 5) is 10.6. The van der Waals surface area contributed by atoms with E-state index in [1.807, 2.05) is 23.0 Å². The molecule has 1 N–H and O–H groups in total. The van der Waals surface area contributed by atoms with Crippen LogP contribution in [0.2, 0.25) is 0 Å². The van der Waals surface area contributed by atoms with Crippen molar-refractivity contribution in [3.8, 4) is 17.1 Å². The van der Waals surface area contributed by atoms with Crippen LogP contribution in [0.1, 0.15) is 18.3 Å². The second-order valence-electron chi connectivity index (χ2n) is 7.42. The smallest absolute Gasteiger partial charge is 0.169 e. The first-order chi connectivity index (χ1) is 13.6. The summed E-state index contributed by atoms with van der Waals surface area (Å²) in [5.41, 5.74) is 5.20. The summed E-state index contributed by atoms with van der Waals surface area (Å²) in [5, 5.41) is 4.69. The van der Waals surface area contributed by atoms with Gasteiger partial charge in [-0.1, -0.05) is 0 Å². The Hall–Kier alpha value is -3.06. The van der Waals surface area contributed by atoms with Gasteiger partial charge >= 0.3 is 0 Å². The van der Waals surface area contributed by atoms with Crippen LogP contribution in [0.25, 0.3) is 22.7 Å². The molecule has 0 aromatic carbocycles. The van der Waals surface area contributed by atoms with E-state index in [4.69, 9.17) is 9.72 Å². The molecule has 0 unspecified atom stereocenters. The number of anilines is 1. The van der Waals surface area contributed by atoms with E-state index in [0.29, 0.717) is 6.61 Å². The highest BCUT2D eigenvalue weighted by Crippen LogP contribution is 2.29. The summed E-state index contributed by atoms with van der Waals surface area (Å²) >= 11 is 0. The number of aromatic nitrogens is 5. The summed E-state index contributed by atoms with van der Waals surface area (Å²) in [6, 6.07) is 10.7. The van der Waals surface area contributed by atoms with E-state index in [1.165, 1.54) is 11.4 Å². The van der Waals surface area contributed by atoms with Crippen LogP contribution >= 0.6 is 0 Å². The van der Waals surface area contributed by atoms with Gasteiger partial charge in [-0.25, -0.2) is 4.98 Å². The van der Waals surface area contributed by atoms with Gasteiger partial charge in [-0.15, -0.1) is 0 Å². The minimum Gasteiger partial charge on any atom is -0.377 e. The van der Waals surface area contributed by atoms with Gasteiger partial charge < -0.3 is 19.2 Å². The van der Waals surface area contributed by atoms with Crippen LogP contribution in [-0.4, -0.2) is 49.9 Å². The van der Waals surface area contributed by atoms with E-state index in [1.54, 1.807) is 0 Å². The Morgan fingerprint density at radius 2 is 2.00 bits per heavy atom. The average Bonchev–Trinajstić information content (AvgIpc) is 3.42. The molecule has 0 saturated carbocycles. The number of fused-ring (bicyclic) bond motifs is 1. The highest BCUT2D eigenvalue weighted by Gasteiger charge is 2.24. The standard InChI is InChI=1S/C21H24N6O/c1-14-6-7-15(2)26(14)20-11-19(25-9-10-28-13-16(25)3)24-21-17(12-23-27(20)21)18-5-4-8-22-18/h4-8,11-12,16,22H,9-10,13H2,1-3H3/t16-/m1/s1. The molecule has 4 aromatic rings. The van der Waals surface area contributed by atoms with Crippen molar-refractivity contribution in [2.24, 2.45) is 0 Å². The lowest BCUT2D eigenvalue weighted by molar-refractivity contribution is 0.0985. The number of H-pyrrole nitrogens is 1. The van der Waals surface area contributed by atoms with Gasteiger partial charge in [-0.3, -0.25) is 0 Å². The number of hydrogen-bond donors (Lipinski definition) is 1. The van der Waals surface area contributed by atoms with Crippen LogP contribution in [0, 0.1) is 13.8 Å². The average molecular weight is 376 g/mol. The number of aromatic amines is 1. The first-order valence-corrected chi connectivity index (χ1v) is 9.66. The fourth-order valence-electron chi connectivity index (χ4n) is 4.03. The second kappa shape index (κ2) is 6.53. The second-order valence-corrected chi connectivity index (χ2v) is 7.42. The molecule has 0 radical (unpaired) electrons. The zero-order chi connectivity index (χ0) is 19.3. The number of nitrogens with zero attached hydrogens (tertiary/aromatic N) is 5. The van der Waals surface area contributed by atoms with Gasteiger partial charge in [-0.2, -0.15) is 9.61 Å². The van der Waals surface area contributed by atoms with E-state index >= 15 is 0 Å².